The summed E-state index contributed by atoms with van der Waals surface area (Å²) in [6.07, 6.45) is -1.77. The molecule has 0 aliphatic heterocycles. The molecule has 1 atom stereocenters. The summed E-state index contributed by atoms with van der Waals surface area (Å²) in [4.78, 5) is 46.5. The van der Waals surface area contributed by atoms with E-state index in [2.05, 4.69) is 21.2 Å². The zero-order valence-corrected chi connectivity index (χ0v) is 18.4. The van der Waals surface area contributed by atoms with Crippen LogP contribution in [0.15, 0.2) is 77.3 Å². The molecule has 0 fully saturated rings. The first-order valence-corrected chi connectivity index (χ1v) is 10.3. The van der Waals surface area contributed by atoms with Crippen molar-refractivity contribution in [2.45, 2.75) is 12.5 Å². The van der Waals surface area contributed by atoms with E-state index >= 15 is 0 Å². The highest BCUT2D eigenvalue weighted by molar-refractivity contribution is 9.10. The van der Waals surface area contributed by atoms with Crippen molar-refractivity contribution >= 4 is 44.9 Å². The van der Waals surface area contributed by atoms with Crippen molar-refractivity contribution in [3.05, 3.63) is 109 Å². The van der Waals surface area contributed by atoms with Gasteiger partial charge in [0.1, 0.15) is 0 Å². The van der Waals surface area contributed by atoms with Gasteiger partial charge in [-0.05, 0) is 22.0 Å². The molecule has 0 aromatic heterocycles. The van der Waals surface area contributed by atoms with Crippen LogP contribution in [0.5, 0.6) is 0 Å². The fourth-order valence-electron chi connectivity index (χ4n) is 2.99. The van der Waals surface area contributed by atoms with E-state index < -0.39 is 34.2 Å². The number of benzene rings is 3. The number of para-hydroxylation sites is 1. The zero-order valence-electron chi connectivity index (χ0n) is 16.8. The van der Waals surface area contributed by atoms with Crippen molar-refractivity contribution in [3.63, 3.8) is 0 Å². The lowest BCUT2D eigenvalue weighted by Crippen LogP contribution is -2.26. The van der Waals surface area contributed by atoms with Gasteiger partial charge in [-0.15, -0.1) is 0 Å². The maximum atomic E-state index is 13.0. The summed E-state index contributed by atoms with van der Waals surface area (Å²) < 4.78 is 5.68. The Labute approximate surface area is 195 Å². The minimum Gasteiger partial charge on any atom is -0.447 e. The summed E-state index contributed by atoms with van der Waals surface area (Å²) in [6.45, 7) is 0. The quantitative estimate of drug-likeness (QED) is 0.260. The summed E-state index contributed by atoms with van der Waals surface area (Å²) in [5.74, 6) is -1.54. The number of esters is 1. The first-order valence-electron chi connectivity index (χ1n) is 9.48. The third-order valence-electron chi connectivity index (χ3n) is 4.53. The van der Waals surface area contributed by atoms with Gasteiger partial charge in [0.2, 0.25) is 6.10 Å². The van der Waals surface area contributed by atoms with Crippen LogP contribution in [0, 0.1) is 20.2 Å². The smallest absolute Gasteiger partial charge is 0.311 e. The average molecular weight is 514 g/mol. The molecule has 10 nitrogen and oxygen atoms in total. The lowest BCUT2D eigenvalue weighted by Gasteiger charge is -2.18. The van der Waals surface area contributed by atoms with Crippen molar-refractivity contribution in [2.75, 3.05) is 5.32 Å². The third kappa shape index (κ3) is 5.98. The standard InChI is InChI=1S/C22H16BrN3O7/c23-17-13-16(25(29)30)10-11-18(17)24-22(28)21(14-6-2-1-3-7-14)33-20(27)12-15-8-4-5-9-19(15)26(31)32/h1-11,13,21H,12H2,(H,24,28). The number of carbonyl (C=O) groups excluding carboxylic acids is 2. The van der Waals surface area contributed by atoms with E-state index in [-0.39, 0.29) is 27.1 Å². The van der Waals surface area contributed by atoms with Crippen LogP contribution in [0.3, 0.4) is 0 Å². The fraction of sp³-hybridized carbons (Fsp3) is 0.0909. The fourth-order valence-corrected chi connectivity index (χ4v) is 3.45. The summed E-state index contributed by atoms with van der Waals surface area (Å²) in [7, 11) is 0. The monoisotopic (exact) mass is 513 g/mol. The number of nitrogens with one attached hydrogen (secondary N) is 1. The third-order valence-corrected chi connectivity index (χ3v) is 5.19. The van der Waals surface area contributed by atoms with Gasteiger partial charge in [0.05, 0.1) is 22.0 Å². The van der Waals surface area contributed by atoms with Crippen LogP contribution in [0.1, 0.15) is 17.2 Å². The largest absolute Gasteiger partial charge is 0.447 e. The minimum absolute atomic E-state index is 0.151. The second kappa shape index (κ2) is 10.5. The number of non-ortho nitro benzene ring substituents is 1. The topological polar surface area (TPSA) is 142 Å². The maximum absolute atomic E-state index is 13.0. The number of halogens is 1. The van der Waals surface area contributed by atoms with Gasteiger partial charge in [-0.25, -0.2) is 0 Å². The second-order valence-corrected chi connectivity index (χ2v) is 7.61. The van der Waals surface area contributed by atoms with Crippen LogP contribution in [0.4, 0.5) is 17.1 Å². The van der Waals surface area contributed by atoms with Crippen LogP contribution < -0.4 is 5.32 Å². The molecule has 0 aliphatic rings. The number of amides is 1. The van der Waals surface area contributed by atoms with Crippen molar-refractivity contribution in [3.8, 4) is 0 Å². The summed E-state index contributed by atoms with van der Waals surface area (Å²) >= 11 is 3.18. The summed E-state index contributed by atoms with van der Waals surface area (Å²) in [5.41, 5.74) is 0.364. The number of anilines is 1. The first kappa shape index (κ1) is 23.5. The first-order chi connectivity index (χ1) is 15.8. The van der Waals surface area contributed by atoms with Crippen LogP contribution in [-0.4, -0.2) is 21.7 Å². The van der Waals surface area contributed by atoms with Crippen LogP contribution in [-0.2, 0) is 20.7 Å². The van der Waals surface area contributed by atoms with E-state index in [4.69, 9.17) is 4.74 Å². The molecule has 3 rings (SSSR count). The minimum atomic E-state index is -1.36. The van der Waals surface area contributed by atoms with Crippen molar-refractivity contribution in [1.29, 1.82) is 0 Å². The van der Waals surface area contributed by atoms with Gasteiger partial charge in [-0.1, -0.05) is 48.5 Å². The van der Waals surface area contributed by atoms with Gasteiger partial charge < -0.3 is 10.1 Å². The molecule has 0 saturated carbocycles. The molecule has 0 bridgehead atoms. The van der Waals surface area contributed by atoms with Gasteiger partial charge in [0.25, 0.3) is 17.3 Å². The second-order valence-electron chi connectivity index (χ2n) is 6.75. The molecule has 11 heteroatoms. The molecular weight excluding hydrogens is 498 g/mol. The van der Waals surface area contributed by atoms with Crippen molar-refractivity contribution in [1.82, 2.24) is 0 Å². The van der Waals surface area contributed by atoms with Gasteiger partial charge in [-0.3, -0.25) is 29.8 Å². The lowest BCUT2D eigenvalue weighted by atomic mass is 10.1. The molecule has 1 amide bonds. The Hall–Kier alpha value is -4.12. The van der Waals surface area contributed by atoms with Crippen LogP contribution in [0.25, 0.3) is 0 Å². The van der Waals surface area contributed by atoms with Gasteiger partial charge in [0, 0.05) is 33.8 Å². The molecule has 0 saturated heterocycles. The van der Waals surface area contributed by atoms with Gasteiger partial charge >= 0.3 is 5.97 Å². The number of nitro groups is 2. The Morgan fingerprint density at radius 3 is 2.24 bits per heavy atom. The molecule has 0 spiro atoms. The van der Waals surface area contributed by atoms with Crippen LogP contribution in [0.2, 0.25) is 0 Å². The molecule has 3 aromatic carbocycles. The van der Waals surface area contributed by atoms with Gasteiger partial charge in [-0.2, -0.15) is 0 Å². The Morgan fingerprint density at radius 2 is 1.61 bits per heavy atom. The number of ether oxygens (including phenoxy) is 1. The number of carbonyl (C=O) groups is 2. The highest BCUT2D eigenvalue weighted by Gasteiger charge is 2.27. The molecule has 1 N–H and O–H groups in total. The van der Waals surface area contributed by atoms with E-state index in [0.29, 0.717) is 5.56 Å². The predicted octanol–water partition coefficient (Wildman–Crippen LogP) is 4.73. The Morgan fingerprint density at radius 1 is 0.939 bits per heavy atom. The zero-order chi connectivity index (χ0) is 24.0. The van der Waals surface area contributed by atoms with E-state index in [1.54, 1.807) is 36.4 Å². The molecule has 0 radical (unpaired) electrons. The molecule has 3 aromatic rings. The number of nitrogens with zero attached hydrogens (tertiary/aromatic N) is 2. The number of hydrogen-bond donors (Lipinski definition) is 1. The summed E-state index contributed by atoms with van der Waals surface area (Å²) in [5, 5.41) is 24.7. The Bertz CT molecular complexity index is 1220. The van der Waals surface area contributed by atoms with Gasteiger partial charge in [0.15, 0.2) is 0 Å². The number of rotatable bonds is 8. The van der Waals surface area contributed by atoms with E-state index in [0.717, 1.165) is 0 Å². The molecule has 0 aliphatic carbocycles. The molecule has 168 valence electrons. The Balaban J connectivity index is 1.82. The predicted molar refractivity (Wildman–Crippen MR) is 122 cm³/mol. The van der Waals surface area contributed by atoms with Crippen molar-refractivity contribution < 1.29 is 24.2 Å². The molecule has 33 heavy (non-hydrogen) atoms. The van der Waals surface area contributed by atoms with Crippen molar-refractivity contribution in [2.24, 2.45) is 0 Å². The highest BCUT2D eigenvalue weighted by Crippen LogP contribution is 2.29. The van der Waals surface area contributed by atoms with E-state index in [9.17, 15) is 29.8 Å². The molecule has 0 heterocycles. The maximum Gasteiger partial charge on any atom is 0.311 e. The average Bonchev–Trinajstić information content (AvgIpc) is 2.79. The molecule has 1 unspecified atom stereocenters. The Kier molecular flexibility index (Phi) is 7.46. The van der Waals surface area contributed by atoms with E-state index in [1.807, 2.05) is 0 Å². The highest BCUT2D eigenvalue weighted by atomic mass is 79.9. The summed E-state index contributed by atoms with van der Waals surface area (Å²) in [6, 6.07) is 17.8. The van der Waals surface area contributed by atoms with Crippen LogP contribution >= 0.6 is 15.9 Å². The number of nitro benzene ring substituents is 2. The number of hydrogen-bond acceptors (Lipinski definition) is 7. The normalized spacial score (nSPS) is 11.3. The SMILES string of the molecule is O=C(Cc1ccccc1[N+](=O)[O-])OC(C(=O)Nc1ccc([N+](=O)[O-])cc1Br)c1ccccc1. The van der Waals surface area contributed by atoms with E-state index in [1.165, 1.54) is 36.4 Å². The lowest BCUT2D eigenvalue weighted by molar-refractivity contribution is -0.385. The molecular formula is C22H16BrN3O7.